The van der Waals surface area contributed by atoms with Crippen molar-refractivity contribution in [3.8, 4) is 0 Å². The van der Waals surface area contributed by atoms with E-state index in [0.29, 0.717) is 16.9 Å². The third kappa shape index (κ3) is 12.7. The fraction of sp³-hybridized carbons (Fsp3) is 0.263. The Morgan fingerprint density at radius 1 is 0.645 bits per heavy atom. The predicted molar refractivity (Wildman–Crippen MR) is 224 cm³/mol. The van der Waals surface area contributed by atoms with Crippen molar-refractivity contribution < 1.29 is 95.3 Å². The molecule has 316 valence electrons. The first-order chi connectivity index (χ1) is 28.6. The summed E-state index contributed by atoms with van der Waals surface area (Å²) >= 11 is 0. The summed E-state index contributed by atoms with van der Waals surface area (Å²) in [5.41, 5.74) is -0.614. The van der Waals surface area contributed by atoms with Crippen molar-refractivity contribution >= 4 is 73.4 Å². The molecule has 8 N–H and O–H groups in total. The van der Waals surface area contributed by atoms with Crippen LogP contribution in [0.15, 0.2) is 109 Å². The second-order valence-corrected chi connectivity index (χ2v) is 17.4. The first-order valence-corrected chi connectivity index (χ1v) is 21.2. The fourth-order valence-electron chi connectivity index (χ4n) is 6.14. The Balaban J connectivity index is 0.00000422. The molecule has 3 atom stereocenters. The van der Waals surface area contributed by atoms with E-state index in [1.807, 2.05) is 0 Å². The van der Waals surface area contributed by atoms with Crippen LogP contribution >= 0.6 is 0 Å². The van der Waals surface area contributed by atoms with Crippen molar-refractivity contribution in [1.82, 2.24) is 29.9 Å². The molecule has 2 aromatic heterocycles. The van der Waals surface area contributed by atoms with Gasteiger partial charge in [-0.15, -0.1) is 0 Å². The van der Waals surface area contributed by atoms with Crippen molar-refractivity contribution in [1.29, 1.82) is 0 Å². The molecular formula is C38H42N12Na2O8S2. The van der Waals surface area contributed by atoms with Gasteiger partial charge in [-0.25, -0.2) is 16.8 Å². The van der Waals surface area contributed by atoms with Crippen molar-refractivity contribution in [3.63, 3.8) is 0 Å². The van der Waals surface area contributed by atoms with Gasteiger partial charge in [-0.05, 0) is 49.8 Å². The summed E-state index contributed by atoms with van der Waals surface area (Å²) in [4.78, 5) is 26.5. The second kappa shape index (κ2) is 21.9. The van der Waals surface area contributed by atoms with Crippen LogP contribution in [0.5, 0.6) is 0 Å². The molecule has 3 unspecified atom stereocenters. The number of aliphatic hydroxyl groups is 2. The molecule has 0 saturated heterocycles. The maximum Gasteiger partial charge on any atom is 1.00 e. The molecule has 20 nitrogen and oxygen atoms in total. The zero-order valence-electron chi connectivity index (χ0n) is 34.2. The van der Waals surface area contributed by atoms with Crippen LogP contribution < -0.4 is 91.0 Å². The average molecular weight is 905 g/mol. The number of benzene rings is 3. The molecule has 3 aromatic carbocycles. The Morgan fingerprint density at radius 3 is 1.44 bits per heavy atom. The molecule has 24 heteroatoms. The quantitative estimate of drug-likeness (QED) is 0.0194. The smallest absolute Gasteiger partial charge is 0.747 e. The van der Waals surface area contributed by atoms with Crippen LogP contribution in [0.2, 0.25) is 0 Å². The van der Waals surface area contributed by atoms with Crippen molar-refractivity contribution in [2.24, 2.45) is 5.92 Å². The van der Waals surface area contributed by atoms with E-state index < -0.39 is 54.4 Å². The van der Waals surface area contributed by atoms with Gasteiger partial charge in [-0.1, -0.05) is 85.0 Å². The molecule has 0 saturated carbocycles. The zero-order chi connectivity index (χ0) is 43.0. The molecule has 62 heavy (non-hydrogen) atoms. The summed E-state index contributed by atoms with van der Waals surface area (Å²) in [7, 11) is -12.1. The van der Waals surface area contributed by atoms with Crippen LogP contribution in [0.1, 0.15) is 25.8 Å². The van der Waals surface area contributed by atoms with Gasteiger partial charge in [0, 0.05) is 35.8 Å². The first-order valence-electron chi connectivity index (χ1n) is 18.4. The fourth-order valence-corrected chi connectivity index (χ4v) is 8.93. The summed E-state index contributed by atoms with van der Waals surface area (Å²) in [6.45, 7) is 2.65. The minimum atomic E-state index is -6.05. The number of nitrogens with zero attached hydrogens (tertiary/aromatic N) is 6. The topological polar surface area (TPSA) is 304 Å². The normalized spacial score (nSPS) is 18.0. The molecule has 0 radical (unpaired) electrons. The molecule has 0 aliphatic heterocycles. The van der Waals surface area contributed by atoms with E-state index in [1.165, 1.54) is 12.2 Å². The number of para-hydroxylation sites is 2. The molecule has 2 heterocycles. The van der Waals surface area contributed by atoms with Gasteiger partial charge >= 0.3 is 59.1 Å². The first kappa shape index (κ1) is 50.3. The Bertz CT molecular complexity index is 2400. The Hall–Kier alpha value is -4.30. The average Bonchev–Trinajstić information content (AvgIpc) is 3.20. The van der Waals surface area contributed by atoms with Crippen LogP contribution in [0.3, 0.4) is 0 Å². The van der Waals surface area contributed by atoms with Crippen molar-refractivity contribution in [2.75, 3.05) is 45.1 Å². The van der Waals surface area contributed by atoms with Crippen LogP contribution in [-0.2, 0) is 20.2 Å². The minimum absolute atomic E-state index is 0. The molecule has 0 fully saturated rings. The van der Waals surface area contributed by atoms with Crippen LogP contribution in [0.25, 0.3) is 6.08 Å². The van der Waals surface area contributed by atoms with Gasteiger partial charge < -0.3 is 51.2 Å². The summed E-state index contributed by atoms with van der Waals surface area (Å²) in [6.07, 6.45) is 3.70. The number of anilines is 8. The van der Waals surface area contributed by atoms with E-state index in [2.05, 4.69) is 61.8 Å². The maximum atomic E-state index is 13.5. The Labute approximate surface area is 403 Å². The number of nitrogens with one attached hydrogen (secondary N) is 6. The van der Waals surface area contributed by atoms with Crippen LogP contribution in [-0.4, -0.2) is 101 Å². The van der Waals surface area contributed by atoms with E-state index in [4.69, 9.17) is 0 Å². The van der Waals surface area contributed by atoms with Crippen LogP contribution in [0, 0.1) is 5.92 Å². The maximum absolute atomic E-state index is 13.5. The van der Waals surface area contributed by atoms with Gasteiger partial charge in [0.15, 0.2) is 4.08 Å². The van der Waals surface area contributed by atoms with E-state index >= 15 is 0 Å². The number of hydrogen-bond donors (Lipinski definition) is 8. The minimum Gasteiger partial charge on any atom is -0.747 e. The molecule has 1 aliphatic rings. The van der Waals surface area contributed by atoms with E-state index in [1.54, 1.807) is 105 Å². The number of hydrogen-bond acceptors (Lipinski definition) is 20. The molecule has 0 bridgehead atoms. The van der Waals surface area contributed by atoms with Gasteiger partial charge in [-0.3, -0.25) is 0 Å². The van der Waals surface area contributed by atoms with Gasteiger partial charge in [0.05, 0.1) is 13.2 Å². The molecule has 1 aliphatic carbocycles. The van der Waals surface area contributed by atoms with E-state index in [0.717, 1.165) is 12.2 Å². The molecule has 6 rings (SSSR count). The van der Waals surface area contributed by atoms with E-state index in [-0.39, 0.29) is 108 Å². The van der Waals surface area contributed by atoms with Gasteiger partial charge in [-0.2, -0.15) is 29.9 Å². The third-order valence-electron chi connectivity index (χ3n) is 9.06. The number of allylic oxidation sites excluding steroid dienone is 2. The van der Waals surface area contributed by atoms with Crippen molar-refractivity contribution in [3.05, 3.63) is 115 Å². The van der Waals surface area contributed by atoms with Gasteiger partial charge in [0.25, 0.3) is 0 Å². The number of rotatable bonds is 18. The largest absolute Gasteiger partial charge is 1.00 e. The zero-order valence-corrected chi connectivity index (χ0v) is 39.8. The number of aromatic nitrogens is 6. The molecular weight excluding hydrogens is 863 g/mol. The summed E-state index contributed by atoms with van der Waals surface area (Å²) in [6, 6.07) is 24.8. The monoisotopic (exact) mass is 904 g/mol. The van der Waals surface area contributed by atoms with E-state index in [9.17, 15) is 36.2 Å². The molecule has 0 amide bonds. The Kier molecular flexibility index (Phi) is 17.8. The standard InChI is InChI=1S/C38H44N12O8S2.2Na/c1-25(22-51)39-31-43-33(41-29-14-8-4-9-15-29)47-35(45-31)49-37(50-36-46-32(40-26(2)23-52)44-34(48-36)42-30-16-10-5-11-17-30)21-20-28(19-18-27-12-6-3-7-13-27)38(24-37,59(53,54)55)60(56,57)58;;/h3-21,25-26,28,51-52H,22-24H2,1-2H3,(H,53,54,55)(H,56,57,58)(H3,39,41,43,45,47,49)(H3,40,42,44,46,48,50);;/q;2*+1/p-2. The third-order valence-corrected chi connectivity index (χ3v) is 12.8. The molecule has 0 spiro atoms. The van der Waals surface area contributed by atoms with Crippen molar-refractivity contribution in [2.45, 2.75) is 42.1 Å². The summed E-state index contributed by atoms with van der Waals surface area (Å²) in [5.74, 6) is -2.71. The SMILES string of the molecule is CC(CO)Nc1nc(Nc2ccccc2)nc(NC2(Nc3nc(Nc4ccccc4)nc(NC(C)CO)n3)C=CC(C=Cc3ccccc3)C(S(=O)(=O)[O-])(S(=O)(=O)[O-])C2)n1.[Na+].[Na+]. The van der Waals surface area contributed by atoms with Crippen LogP contribution in [0.4, 0.5) is 47.1 Å². The van der Waals surface area contributed by atoms with Gasteiger partial charge in [0.2, 0.25) is 35.7 Å². The molecule has 5 aromatic rings. The predicted octanol–water partition coefficient (Wildman–Crippen LogP) is -2.57. The number of aliphatic hydroxyl groups excluding tert-OH is 2. The summed E-state index contributed by atoms with van der Waals surface area (Å²) in [5, 5.41) is 37.3. The second-order valence-electron chi connectivity index (χ2n) is 13.8. The Morgan fingerprint density at radius 2 is 1.03 bits per heavy atom. The summed E-state index contributed by atoms with van der Waals surface area (Å²) < 4.78 is 77.2. The van der Waals surface area contributed by atoms with Gasteiger partial charge in [0.1, 0.15) is 25.9 Å².